The smallest absolute Gasteiger partial charge is 0.149 e. The molecule has 2 heterocycles. The van der Waals surface area contributed by atoms with Crippen molar-refractivity contribution in [1.82, 2.24) is 9.55 Å². The first-order valence-electron chi connectivity index (χ1n) is 3.70. The highest BCUT2D eigenvalue weighted by Crippen LogP contribution is 2.18. The number of imidazole rings is 1. The zero-order chi connectivity index (χ0) is 8.77. The summed E-state index contributed by atoms with van der Waals surface area (Å²) in [4.78, 5) is 4.05. The van der Waals surface area contributed by atoms with E-state index in [4.69, 9.17) is 9.92 Å². The Hall–Kier alpha value is -0.880. The van der Waals surface area contributed by atoms with E-state index in [1.54, 1.807) is 4.57 Å². The number of aromatic nitrogens is 2. The summed E-state index contributed by atoms with van der Waals surface area (Å²) in [7, 11) is -3.08. The molecule has 6 heteroatoms. The van der Waals surface area contributed by atoms with Crippen LogP contribution in [0.25, 0.3) is 0 Å². The van der Waals surface area contributed by atoms with Crippen LogP contribution in [0.15, 0.2) is 11.2 Å². The first-order valence-corrected chi connectivity index (χ1v) is 5.32. The maximum absolute atomic E-state index is 11.2. The molecule has 1 aliphatic heterocycles. The Balaban J connectivity index is 2.61. The lowest BCUT2D eigenvalue weighted by Crippen LogP contribution is -2.15. The number of hydrogen-bond acceptors (Lipinski definition) is 3. The molecule has 0 radical (unpaired) electrons. The lowest BCUT2D eigenvalue weighted by Gasteiger charge is -2.02. The van der Waals surface area contributed by atoms with E-state index in [2.05, 4.69) is 4.98 Å². The Morgan fingerprint density at radius 3 is 3.17 bits per heavy atom. The van der Waals surface area contributed by atoms with Gasteiger partial charge < -0.3 is 4.57 Å². The molecule has 12 heavy (non-hydrogen) atoms. The lowest BCUT2D eigenvalue weighted by molar-refractivity contribution is 0.646. The van der Waals surface area contributed by atoms with Gasteiger partial charge in [0.2, 0.25) is 0 Å². The van der Waals surface area contributed by atoms with Gasteiger partial charge in [-0.15, -0.1) is 0 Å². The molecule has 1 aliphatic rings. The molecule has 0 spiro atoms. The number of nitrogens with one attached hydrogen (secondary N) is 1. The van der Waals surface area contributed by atoms with Crippen LogP contribution in [0, 0.1) is 4.78 Å². The van der Waals surface area contributed by atoms with Gasteiger partial charge in [0.15, 0.2) is 0 Å². The van der Waals surface area contributed by atoms with Crippen molar-refractivity contribution < 1.29 is 4.21 Å². The van der Waals surface area contributed by atoms with Crippen LogP contribution in [0.2, 0.25) is 0 Å². The maximum Gasteiger partial charge on any atom is 0.149 e. The van der Waals surface area contributed by atoms with Crippen LogP contribution in [-0.4, -0.2) is 13.8 Å². The molecule has 0 saturated heterocycles. The molecule has 1 aromatic rings. The summed E-state index contributed by atoms with van der Waals surface area (Å²) in [6.07, 6.45) is 3.35. The van der Waals surface area contributed by atoms with Gasteiger partial charge in [-0.25, -0.2) is 19.1 Å². The van der Waals surface area contributed by atoms with Crippen molar-refractivity contribution in [3.05, 3.63) is 12.0 Å². The van der Waals surface area contributed by atoms with Crippen LogP contribution in [-0.2, 0) is 22.9 Å². The minimum atomic E-state index is -3.08. The first kappa shape index (κ1) is 7.75. The molecule has 5 nitrogen and oxygen atoms in total. The van der Waals surface area contributed by atoms with E-state index in [1.165, 1.54) is 6.20 Å². The summed E-state index contributed by atoms with van der Waals surface area (Å²) in [5.41, 5.74) is 0. The predicted molar refractivity (Wildman–Crippen MR) is 43.9 cm³/mol. The number of nitrogens with two attached hydrogens (primary N) is 1. The molecule has 3 N–H and O–H groups in total. The van der Waals surface area contributed by atoms with Crippen LogP contribution in [0.5, 0.6) is 0 Å². The van der Waals surface area contributed by atoms with Gasteiger partial charge in [-0.05, 0) is 6.42 Å². The van der Waals surface area contributed by atoms with Crippen molar-refractivity contribution in [3.63, 3.8) is 0 Å². The predicted octanol–water partition coefficient (Wildman–Crippen LogP) is 0.109. The van der Waals surface area contributed by atoms with Gasteiger partial charge in [-0.3, -0.25) is 0 Å². The summed E-state index contributed by atoms with van der Waals surface area (Å²) < 4.78 is 20.2. The van der Waals surface area contributed by atoms with Crippen molar-refractivity contribution in [1.29, 1.82) is 4.78 Å². The summed E-state index contributed by atoms with van der Waals surface area (Å²) >= 11 is 0. The molecular weight excluding hydrogens is 176 g/mol. The highest BCUT2D eigenvalue weighted by molar-refractivity contribution is 7.90. The minimum Gasteiger partial charge on any atom is -0.319 e. The summed E-state index contributed by atoms with van der Waals surface area (Å²) in [6, 6.07) is 0. The molecule has 66 valence electrons. The molecule has 1 unspecified atom stereocenters. The molecule has 0 bridgehead atoms. The van der Waals surface area contributed by atoms with Gasteiger partial charge in [-0.1, -0.05) is 0 Å². The fourth-order valence-electron chi connectivity index (χ4n) is 1.47. The minimum absolute atomic E-state index is 0.356. The molecule has 0 fully saturated rings. The van der Waals surface area contributed by atoms with Crippen LogP contribution < -0.4 is 5.14 Å². The molecule has 0 aromatic carbocycles. The number of hydrogen-bond donors (Lipinski definition) is 2. The molecular formula is C6H10N4OS. The van der Waals surface area contributed by atoms with Crippen molar-refractivity contribution in [3.8, 4) is 0 Å². The van der Waals surface area contributed by atoms with Crippen LogP contribution >= 0.6 is 0 Å². The van der Waals surface area contributed by atoms with Crippen LogP contribution in [0.1, 0.15) is 12.2 Å². The van der Waals surface area contributed by atoms with Crippen LogP contribution in [0.4, 0.5) is 0 Å². The van der Waals surface area contributed by atoms with Crippen LogP contribution in [0.3, 0.4) is 0 Å². The summed E-state index contributed by atoms with van der Waals surface area (Å²) in [5, 5.41) is 5.56. The van der Waals surface area contributed by atoms with Crippen molar-refractivity contribution in [2.75, 3.05) is 0 Å². The van der Waals surface area contributed by atoms with Gasteiger partial charge in [-0.2, -0.15) is 0 Å². The number of aryl methyl sites for hydroxylation is 1. The van der Waals surface area contributed by atoms with Gasteiger partial charge in [0.05, 0.1) is 6.20 Å². The fourth-order valence-corrected chi connectivity index (χ4v) is 2.21. The average molecular weight is 186 g/mol. The molecule has 0 saturated carbocycles. The lowest BCUT2D eigenvalue weighted by atomic mass is 10.4. The average Bonchev–Trinajstić information content (AvgIpc) is 2.37. The van der Waals surface area contributed by atoms with E-state index >= 15 is 0 Å². The Morgan fingerprint density at radius 2 is 2.50 bits per heavy atom. The van der Waals surface area contributed by atoms with E-state index in [0.717, 1.165) is 25.2 Å². The van der Waals surface area contributed by atoms with Gasteiger partial charge >= 0.3 is 0 Å². The van der Waals surface area contributed by atoms with E-state index in [1.807, 2.05) is 0 Å². The quantitative estimate of drug-likeness (QED) is 0.652. The summed E-state index contributed by atoms with van der Waals surface area (Å²) in [6.45, 7) is 0.789. The number of nitrogens with zero attached hydrogens (tertiary/aromatic N) is 2. The largest absolute Gasteiger partial charge is 0.319 e. The molecule has 1 atom stereocenters. The maximum atomic E-state index is 11.2. The Labute approximate surface area is 70.7 Å². The van der Waals surface area contributed by atoms with Crippen molar-refractivity contribution >= 4 is 9.92 Å². The molecule has 0 amide bonds. The van der Waals surface area contributed by atoms with Gasteiger partial charge in [0, 0.05) is 13.0 Å². The van der Waals surface area contributed by atoms with E-state index in [9.17, 15) is 4.21 Å². The third kappa shape index (κ3) is 1.03. The van der Waals surface area contributed by atoms with E-state index in [-0.39, 0.29) is 0 Å². The fraction of sp³-hybridized carbons (Fsp3) is 0.500. The Morgan fingerprint density at radius 1 is 1.75 bits per heavy atom. The second-order valence-electron chi connectivity index (χ2n) is 2.87. The normalized spacial score (nSPS) is 20.4. The summed E-state index contributed by atoms with van der Waals surface area (Å²) in [5.74, 6) is 0.899. The van der Waals surface area contributed by atoms with Crippen molar-refractivity contribution in [2.45, 2.75) is 24.4 Å². The number of fused-ring (bicyclic) bond motifs is 1. The Kier molecular flexibility index (Phi) is 1.49. The third-order valence-corrected chi connectivity index (χ3v) is 2.94. The zero-order valence-corrected chi connectivity index (χ0v) is 7.30. The zero-order valence-electron chi connectivity index (χ0n) is 6.49. The van der Waals surface area contributed by atoms with Gasteiger partial charge in [0.1, 0.15) is 20.8 Å². The standard InChI is InChI=1S/C6H10N4OS/c7-12(8,11)6-4-9-5-2-1-3-10(5)6/h4H,1-3H2,(H3,7,8,11). The van der Waals surface area contributed by atoms with E-state index in [0.29, 0.717) is 5.03 Å². The second-order valence-corrected chi connectivity index (χ2v) is 4.49. The second kappa shape index (κ2) is 2.30. The van der Waals surface area contributed by atoms with E-state index < -0.39 is 9.92 Å². The molecule has 0 aliphatic carbocycles. The first-order chi connectivity index (χ1) is 5.59. The highest BCUT2D eigenvalue weighted by Gasteiger charge is 2.19. The monoisotopic (exact) mass is 186 g/mol. The van der Waals surface area contributed by atoms with Gasteiger partial charge in [0.25, 0.3) is 0 Å². The Bertz CT molecular complexity index is 405. The molecule has 2 rings (SSSR count). The molecule has 1 aromatic heterocycles. The van der Waals surface area contributed by atoms with Crippen molar-refractivity contribution in [2.24, 2.45) is 5.14 Å². The highest BCUT2D eigenvalue weighted by atomic mass is 32.2. The number of rotatable bonds is 1. The topological polar surface area (TPSA) is 84.8 Å². The third-order valence-electron chi connectivity index (χ3n) is 1.99. The SMILES string of the molecule is N=S(N)(=O)c1cnc2n1CCC2.